The summed E-state index contributed by atoms with van der Waals surface area (Å²) in [5.41, 5.74) is 0.225. The number of anilines is 1. The van der Waals surface area contributed by atoms with Gasteiger partial charge in [-0.2, -0.15) is 0 Å². The van der Waals surface area contributed by atoms with E-state index in [4.69, 9.17) is 9.84 Å². The maximum absolute atomic E-state index is 12.5. The van der Waals surface area contributed by atoms with Crippen LogP contribution in [0.1, 0.15) is 30.1 Å². The highest BCUT2D eigenvalue weighted by Gasteiger charge is 2.39. The summed E-state index contributed by atoms with van der Waals surface area (Å²) >= 11 is 0. The molecule has 1 aliphatic rings. The second kappa shape index (κ2) is 6.13. The molecule has 0 aliphatic carbocycles. The largest absolute Gasteiger partial charge is 0.496 e. The summed E-state index contributed by atoms with van der Waals surface area (Å²) in [6, 6.07) is 4.55. The average molecular weight is 292 g/mol. The quantitative estimate of drug-likeness (QED) is 0.769. The SMILES string of the molecule is CCC1(C(=O)Nc2ccc(C(=O)O)c(OC)c2)CCNC1. The number of carbonyl (C=O) groups excluding carboxylic acids is 1. The van der Waals surface area contributed by atoms with E-state index >= 15 is 0 Å². The number of hydrogen-bond acceptors (Lipinski definition) is 4. The second-order valence-electron chi connectivity index (χ2n) is 5.23. The van der Waals surface area contributed by atoms with Gasteiger partial charge in [0.25, 0.3) is 0 Å². The molecule has 1 aliphatic heterocycles. The molecule has 0 radical (unpaired) electrons. The third-order valence-electron chi connectivity index (χ3n) is 4.09. The summed E-state index contributed by atoms with van der Waals surface area (Å²) in [5, 5.41) is 15.1. The van der Waals surface area contributed by atoms with Crippen molar-refractivity contribution in [1.29, 1.82) is 0 Å². The van der Waals surface area contributed by atoms with E-state index in [-0.39, 0.29) is 17.2 Å². The summed E-state index contributed by atoms with van der Waals surface area (Å²) in [5.74, 6) is -0.870. The van der Waals surface area contributed by atoms with Crippen LogP contribution in [-0.2, 0) is 4.79 Å². The number of aromatic carboxylic acids is 1. The minimum absolute atomic E-state index is 0.0415. The lowest BCUT2D eigenvalue weighted by atomic mass is 9.83. The Labute approximate surface area is 123 Å². The van der Waals surface area contributed by atoms with Crippen molar-refractivity contribution in [2.75, 3.05) is 25.5 Å². The number of rotatable bonds is 5. The Morgan fingerprint density at radius 3 is 2.76 bits per heavy atom. The van der Waals surface area contributed by atoms with Gasteiger partial charge in [0.2, 0.25) is 5.91 Å². The zero-order valence-corrected chi connectivity index (χ0v) is 12.2. The van der Waals surface area contributed by atoms with Gasteiger partial charge < -0.3 is 20.5 Å². The van der Waals surface area contributed by atoms with Gasteiger partial charge in [-0.15, -0.1) is 0 Å². The summed E-state index contributed by atoms with van der Waals surface area (Å²) in [6.07, 6.45) is 1.57. The van der Waals surface area contributed by atoms with Crippen LogP contribution in [-0.4, -0.2) is 37.2 Å². The van der Waals surface area contributed by atoms with Gasteiger partial charge in [-0.1, -0.05) is 6.92 Å². The highest BCUT2D eigenvalue weighted by atomic mass is 16.5. The van der Waals surface area contributed by atoms with E-state index in [1.54, 1.807) is 6.07 Å². The van der Waals surface area contributed by atoms with E-state index < -0.39 is 11.4 Å². The number of nitrogens with one attached hydrogen (secondary N) is 2. The second-order valence-corrected chi connectivity index (χ2v) is 5.23. The Balaban J connectivity index is 2.19. The maximum Gasteiger partial charge on any atom is 0.339 e. The first-order chi connectivity index (χ1) is 10.0. The minimum Gasteiger partial charge on any atom is -0.496 e. The first kappa shape index (κ1) is 15.3. The fourth-order valence-corrected chi connectivity index (χ4v) is 2.61. The molecule has 6 heteroatoms. The summed E-state index contributed by atoms with van der Waals surface area (Å²) in [6.45, 7) is 3.50. The number of hydrogen-bond donors (Lipinski definition) is 3. The van der Waals surface area contributed by atoms with Crippen molar-refractivity contribution < 1.29 is 19.4 Å². The van der Waals surface area contributed by atoms with Crippen LogP contribution in [0.15, 0.2) is 18.2 Å². The van der Waals surface area contributed by atoms with Crippen molar-refractivity contribution in [2.45, 2.75) is 19.8 Å². The van der Waals surface area contributed by atoms with E-state index in [1.807, 2.05) is 6.92 Å². The lowest BCUT2D eigenvalue weighted by molar-refractivity contribution is -0.124. The summed E-state index contributed by atoms with van der Waals surface area (Å²) in [7, 11) is 1.40. The first-order valence-corrected chi connectivity index (χ1v) is 6.96. The van der Waals surface area contributed by atoms with Crippen molar-refractivity contribution in [3.8, 4) is 5.75 Å². The molecular weight excluding hydrogens is 272 g/mol. The third kappa shape index (κ3) is 3.00. The fraction of sp³-hybridized carbons (Fsp3) is 0.467. The highest BCUT2D eigenvalue weighted by Crippen LogP contribution is 2.32. The molecule has 1 aromatic rings. The van der Waals surface area contributed by atoms with Crippen molar-refractivity contribution >= 4 is 17.6 Å². The topological polar surface area (TPSA) is 87.7 Å². The van der Waals surface area contributed by atoms with Gasteiger partial charge in [-0.05, 0) is 31.5 Å². The molecule has 1 unspecified atom stereocenters. The van der Waals surface area contributed by atoms with E-state index in [2.05, 4.69) is 10.6 Å². The van der Waals surface area contributed by atoms with Gasteiger partial charge in [-0.25, -0.2) is 4.79 Å². The molecule has 6 nitrogen and oxygen atoms in total. The molecule has 1 aromatic carbocycles. The molecule has 1 atom stereocenters. The molecule has 0 saturated carbocycles. The summed E-state index contributed by atoms with van der Waals surface area (Å²) in [4.78, 5) is 23.5. The average Bonchev–Trinajstić information content (AvgIpc) is 2.97. The highest BCUT2D eigenvalue weighted by molar-refractivity contribution is 5.97. The van der Waals surface area contributed by atoms with Crippen LogP contribution in [0.4, 0.5) is 5.69 Å². The lowest BCUT2D eigenvalue weighted by Gasteiger charge is -2.25. The molecule has 114 valence electrons. The minimum atomic E-state index is -1.06. The van der Waals surface area contributed by atoms with Gasteiger partial charge >= 0.3 is 5.97 Å². The molecule has 0 bridgehead atoms. The lowest BCUT2D eigenvalue weighted by Crippen LogP contribution is -2.37. The fourth-order valence-electron chi connectivity index (χ4n) is 2.61. The van der Waals surface area contributed by atoms with Crippen molar-refractivity contribution in [1.82, 2.24) is 5.32 Å². The third-order valence-corrected chi connectivity index (χ3v) is 4.09. The Hall–Kier alpha value is -2.08. The predicted octanol–water partition coefficient (Wildman–Crippen LogP) is 1.72. The van der Waals surface area contributed by atoms with Crippen LogP contribution in [0, 0.1) is 5.41 Å². The van der Waals surface area contributed by atoms with E-state index in [1.165, 1.54) is 19.2 Å². The molecule has 2 rings (SSSR count). The van der Waals surface area contributed by atoms with Gasteiger partial charge in [0, 0.05) is 18.3 Å². The summed E-state index contributed by atoms with van der Waals surface area (Å²) < 4.78 is 5.06. The zero-order chi connectivity index (χ0) is 15.5. The number of carboxylic acid groups (broad SMARTS) is 1. The maximum atomic E-state index is 12.5. The standard InChI is InChI=1S/C15H20N2O4/c1-3-15(6-7-16-9-15)14(20)17-10-4-5-11(13(18)19)12(8-10)21-2/h4-5,8,16H,3,6-7,9H2,1-2H3,(H,17,20)(H,18,19). The zero-order valence-electron chi connectivity index (χ0n) is 12.2. The van der Waals surface area contributed by atoms with Gasteiger partial charge in [-0.3, -0.25) is 4.79 Å². The van der Waals surface area contributed by atoms with E-state index in [9.17, 15) is 9.59 Å². The smallest absolute Gasteiger partial charge is 0.339 e. The molecule has 3 N–H and O–H groups in total. The van der Waals surface area contributed by atoms with Crippen molar-refractivity contribution in [2.24, 2.45) is 5.41 Å². The monoisotopic (exact) mass is 292 g/mol. The Kier molecular flexibility index (Phi) is 4.47. The van der Waals surface area contributed by atoms with Gasteiger partial charge in [0.1, 0.15) is 11.3 Å². The Morgan fingerprint density at radius 1 is 1.48 bits per heavy atom. The van der Waals surface area contributed by atoms with Crippen LogP contribution in [0.2, 0.25) is 0 Å². The number of benzene rings is 1. The Morgan fingerprint density at radius 2 is 2.24 bits per heavy atom. The van der Waals surface area contributed by atoms with Crippen LogP contribution >= 0.6 is 0 Å². The van der Waals surface area contributed by atoms with E-state index in [0.29, 0.717) is 12.2 Å². The predicted molar refractivity (Wildman–Crippen MR) is 78.8 cm³/mol. The molecule has 1 fully saturated rings. The van der Waals surface area contributed by atoms with Crippen LogP contribution in [0.3, 0.4) is 0 Å². The molecule has 1 saturated heterocycles. The van der Waals surface area contributed by atoms with Crippen molar-refractivity contribution in [3.63, 3.8) is 0 Å². The number of carbonyl (C=O) groups is 2. The molecule has 1 heterocycles. The molecule has 1 amide bonds. The van der Waals surface area contributed by atoms with Crippen LogP contribution in [0.25, 0.3) is 0 Å². The van der Waals surface area contributed by atoms with Crippen LogP contribution < -0.4 is 15.4 Å². The van der Waals surface area contributed by atoms with Crippen molar-refractivity contribution in [3.05, 3.63) is 23.8 Å². The molecule has 0 spiro atoms. The molecule has 21 heavy (non-hydrogen) atoms. The molecule has 0 aromatic heterocycles. The number of ether oxygens (including phenoxy) is 1. The van der Waals surface area contributed by atoms with Gasteiger partial charge in [0.05, 0.1) is 12.5 Å². The normalized spacial score (nSPS) is 21.0. The molecular formula is C15H20N2O4. The number of carboxylic acids is 1. The number of amides is 1. The van der Waals surface area contributed by atoms with E-state index in [0.717, 1.165) is 19.4 Å². The van der Waals surface area contributed by atoms with Gasteiger partial charge in [0.15, 0.2) is 0 Å². The Bertz CT molecular complexity index is 551. The van der Waals surface area contributed by atoms with Crippen LogP contribution in [0.5, 0.6) is 5.75 Å². The number of methoxy groups -OCH3 is 1. The first-order valence-electron chi connectivity index (χ1n) is 6.96.